The Morgan fingerprint density at radius 3 is 2.78 bits per heavy atom. The summed E-state index contributed by atoms with van der Waals surface area (Å²) in [5.41, 5.74) is 7.37. The maximum atomic E-state index is 11.9. The summed E-state index contributed by atoms with van der Waals surface area (Å²) in [5, 5.41) is 10.8. The first kappa shape index (κ1) is 12.2. The molecule has 0 saturated carbocycles. The fourth-order valence-corrected chi connectivity index (χ4v) is 1.67. The first-order valence-electron chi connectivity index (χ1n) is 5.68. The van der Waals surface area contributed by atoms with Gasteiger partial charge in [-0.25, -0.2) is 0 Å². The van der Waals surface area contributed by atoms with E-state index in [2.05, 4.69) is 15.5 Å². The van der Waals surface area contributed by atoms with Gasteiger partial charge in [-0.15, -0.1) is 0 Å². The van der Waals surface area contributed by atoms with Gasteiger partial charge in [0.05, 0.1) is 18.1 Å². The number of aromatic nitrogens is 4. The number of nitrogen functional groups attached to an aromatic ring is 1. The maximum Gasteiger partial charge on any atom is 0.271 e. The minimum absolute atomic E-state index is 0.239. The Labute approximate surface area is 105 Å². The van der Waals surface area contributed by atoms with Crippen LogP contribution in [0.4, 0.5) is 5.69 Å². The van der Waals surface area contributed by atoms with Crippen LogP contribution in [-0.4, -0.2) is 25.5 Å². The van der Waals surface area contributed by atoms with Gasteiger partial charge in [0, 0.05) is 31.9 Å². The molecule has 2 heterocycles. The zero-order valence-corrected chi connectivity index (χ0v) is 10.4. The zero-order valence-electron chi connectivity index (χ0n) is 10.4. The average molecular weight is 248 g/mol. The van der Waals surface area contributed by atoms with Crippen LogP contribution in [0.1, 0.15) is 23.0 Å². The Morgan fingerprint density at radius 2 is 2.22 bits per heavy atom. The van der Waals surface area contributed by atoms with E-state index in [0.29, 0.717) is 17.9 Å². The molecule has 7 nitrogen and oxygen atoms in total. The molecule has 7 heteroatoms. The number of rotatable bonds is 4. The third kappa shape index (κ3) is 2.34. The van der Waals surface area contributed by atoms with E-state index < -0.39 is 0 Å². The fraction of sp³-hybridized carbons (Fsp3) is 0.364. The van der Waals surface area contributed by atoms with Gasteiger partial charge < -0.3 is 11.1 Å². The summed E-state index contributed by atoms with van der Waals surface area (Å²) in [6.45, 7) is 3.23. The number of hydrogen-bond donors (Lipinski definition) is 2. The Balaban J connectivity index is 2.00. The van der Waals surface area contributed by atoms with E-state index in [1.54, 1.807) is 17.9 Å². The number of nitrogens with two attached hydrogens (primary N) is 1. The minimum atomic E-state index is -0.239. The Hall–Kier alpha value is -2.31. The van der Waals surface area contributed by atoms with E-state index in [-0.39, 0.29) is 5.91 Å². The maximum absolute atomic E-state index is 11.9. The van der Waals surface area contributed by atoms with Gasteiger partial charge in [-0.3, -0.25) is 14.2 Å². The summed E-state index contributed by atoms with van der Waals surface area (Å²) in [6.07, 6.45) is 5.09. The van der Waals surface area contributed by atoms with Crippen molar-refractivity contribution in [2.45, 2.75) is 20.0 Å². The summed E-state index contributed by atoms with van der Waals surface area (Å²) in [7, 11) is 1.68. The van der Waals surface area contributed by atoms with Gasteiger partial charge >= 0.3 is 0 Å². The van der Waals surface area contributed by atoms with Crippen molar-refractivity contribution in [2.75, 3.05) is 5.73 Å². The molecule has 2 rings (SSSR count). The number of anilines is 1. The van der Waals surface area contributed by atoms with Crippen LogP contribution in [0.25, 0.3) is 0 Å². The van der Waals surface area contributed by atoms with Crippen molar-refractivity contribution >= 4 is 11.6 Å². The van der Waals surface area contributed by atoms with Crippen LogP contribution in [0.2, 0.25) is 0 Å². The first-order valence-corrected chi connectivity index (χ1v) is 5.68. The second-order valence-corrected chi connectivity index (χ2v) is 3.96. The second kappa shape index (κ2) is 4.91. The molecule has 0 spiro atoms. The largest absolute Gasteiger partial charge is 0.396 e. The van der Waals surface area contributed by atoms with Crippen LogP contribution < -0.4 is 11.1 Å². The third-order valence-electron chi connectivity index (χ3n) is 2.65. The third-order valence-corrected chi connectivity index (χ3v) is 2.65. The molecule has 0 aliphatic heterocycles. The molecule has 1 amide bonds. The molecule has 0 aromatic carbocycles. The quantitative estimate of drug-likeness (QED) is 0.805. The molecular formula is C11H16N6O. The van der Waals surface area contributed by atoms with Crippen molar-refractivity contribution in [1.82, 2.24) is 24.9 Å². The number of aryl methyl sites for hydroxylation is 2. The number of nitrogens with one attached hydrogen (secondary N) is 1. The number of carbonyl (C=O) groups is 1. The molecular weight excluding hydrogens is 232 g/mol. The molecule has 96 valence electrons. The van der Waals surface area contributed by atoms with E-state index in [9.17, 15) is 4.79 Å². The van der Waals surface area contributed by atoms with Crippen LogP contribution in [0.3, 0.4) is 0 Å². The lowest BCUT2D eigenvalue weighted by Crippen LogP contribution is -2.25. The van der Waals surface area contributed by atoms with Crippen LogP contribution in [0.15, 0.2) is 18.6 Å². The average Bonchev–Trinajstić information content (AvgIpc) is 2.93. The normalized spacial score (nSPS) is 10.6. The van der Waals surface area contributed by atoms with E-state index in [0.717, 1.165) is 12.1 Å². The highest BCUT2D eigenvalue weighted by atomic mass is 16.2. The summed E-state index contributed by atoms with van der Waals surface area (Å²) in [6, 6.07) is 0. The molecule has 0 saturated heterocycles. The number of amides is 1. The Bertz CT molecular complexity index is 536. The molecule has 3 N–H and O–H groups in total. The second-order valence-electron chi connectivity index (χ2n) is 3.96. The van der Waals surface area contributed by atoms with Crippen molar-refractivity contribution < 1.29 is 4.79 Å². The molecule has 0 fully saturated rings. The van der Waals surface area contributed by atoms with Gasteiger partial charge in [-0.05, 0) is 6.92 Å². The summed E-state index contributed by atoms with van der Waals surface area (Å²) in [5.74, 6) is -0.239. The molecule has 2 aromatic heterocycles. The predicted molar refractivity (Wildman–Crippen MR) is 66.7 cm³/mol. The predicted octanol–water partition coefficient (Wildman–Crippen LogP) is 0.149. The van der Waals surface area contributed by atoms with Gasteiger partial charge in [0.1, 0.15) is 5.69 Å². The van der Waals surface area contributed by atoms with Gasteiger partial charge in [-0.2, -0.15) is 10.2 Å². The van der Waals surface area contributed by atoms with Crippen molar-refractivity contribution in [3.05, 3.63) is 29.8 Å². The van der Waals surface area contributed by atoms with Crippen molar-refractivity contribution in [2.24, 2.45) is 7.05 Å². The fourth-order valence-electron chi connectivity index (χ4n) is 1.67. The van der Waals surface area contributed by atoms with Crippen LogP contribution >= 0.6 is 0 Å². The lowest BCUT2D eigenvalue weighted by atomic mass is 10.3. The first-order chi connectivity index (χ1) is 8.61. The molecule has 0 aliphatic carbocycles. The van der Waals surface area contributed by atoms with Gasteiger partial charge in [0.25, 0.3) is 5.91 Å². The molecule has 0 bridgehead atoms. The lowest BCUT2D eigenvalue weighted by molar-refractivity contribution is 0.0942. The highest BCUT2D eigenvalue weighted by Crippen LogP contribution is 2.09. The van der Waals surface area contributed by atoms with Crippen molar-refractivity contribution in [3.8, 4) is 0 Å². The topological polar surface area (TPSA) is 90.8 Å². The molecule has 0 unspecified atom stereocenters. The summed E-state index contributed by atoms with van der Waals surface area (Å²) in [4.78, 5) is 11.9. The zero-order chi connectivity index (χ0) is 13.1. The van der Waals surface area contributed by atoms with Crippen molar-refractivity contribution in [3.63, 3.8) is 0 Å². The molecule has 0 aliphatic rings. The Morgan fingerprint density at radius 1 is 1.44 bits per heavy atom. The van der Waals surface area contributed by atoms with Crippen molar-refractivity contribution in [1.29, 1.82) is 0 Å². The SMILES string of the molecule is CCn1cc(CNC(=O)c2c(N)cnn2C)cn1. The van der Waals surface area contributed by atoms with Crippen LogP contribution in [-0.2, 0) is 20.1 Å². The molecule has 2 aromatic rings. The minimum Gasteiger partial charge on any atom is -0.396 e. The molecule has 0 radical (unpaired) electrons. The highest BCUT2D eigenvalue weighted by molar-refractivity contribution is 5.97. The molecule has 0 atom stereocenters. The van der Waals surface area contributed by atoms with Gasteiger partial charge in [0.15, 0.2) is 0 Å². The number of hydrogen-bond acceptors (Lipinski definition) is 4. The monoisotopic (exact) mass is 248 g/mol. The summed E-state index contributed by atoms with van der Waals surface area (Å²) < 4.78 is 3.26. The van der Waals surface area contributed by atoms with E-state index >= 15 is 0 Å². The van der Waals surface area contributed by atoms with Gasteiger partial charge in [-0.1, -0.05) is 0 Å². The smallest absolute Gasteiger partial charge is 0.271 e. The van der Waals surface area contributed by atoms with E-state index in [4.69, 9.17) is 5.73 Å². The van der Waals surface area contributed by atoms with Gasteiger partial charge in [0.2, 0.25) is 0 Å². The Kier molecular flexibility index (Phi) is 3.31. The lowest BCUT2D eigenvalue weighted by Gasteiger charge is -2.04. The number of carbonyl (C=O) groups excluding carboxylic acids is 1. The number of nitrogens with zero attached hydrogens (tertiary/aromatic N) is 4. The summed E-state index contributed by atoms with van der Waals surface area (Å²) >= 11 is 0. The van der Waals surface area contributed by atoms with Crippen LogP contribution in [0, 0.1) is 0 Å². The molecule has 18 heavy (non-hydrogen) atoms. The van der Waals surface area contributed by atoms with E-state index in [1.165, 1.54) is 10.9 Å². The van der Waals surface area contributed by atoms with Crippen LogP contribution in [0.5, 0.6) is 0 Å². The van der Waals surface area contributed by atoms with E-state index in [1.807, 2.05) is 13.1 Å². The standard InChI is InChI=1S/C11H16N6O/c1-3-17-7-8(5-15-17)4-13-11(18)10-9(12)6-14-16(10)2/h5-7H,3-4,12H2,1-2H3,(H,13,18). The highest BCUT2D eigenvalue weighted by Gasteiger charge is 2.14.